The van der Waals surface area contributed by atoms with Gasteiger partial charge >= 0.3 is 0 Å². The van der Waals surface area contributed by atoms with Crippen molar-refractivity contribution in [3.8, 4) is 0 Å². The van der Waals surface area contributed by atoms with E-state index < -0.39 is 0 Å². The van der Waals surface area contributed by atoms with Gasteiger partial charge in [0.15, 0.2) is 0 Å². The molecule has 0 aliphatic heterocycles. The maximum atomic E-state index is 4.03. The quantitative estimate of drug-likeness (QED) is 0.757. The number of aromatic nitrogens is 2. The standard InChI is InChI=1S/C15H21N3/c1-14(12-15-6-3-2-4-7-15)17-8-5-10-18-11-9-16-13-18/h2-4,6-7,9,11,13-14,17H,5,8,10,12H2,1H3. The van der Waals surface area contributed by atoms with E-state index in [1.807, 2.05) is 18.7 Å². The second kappa shape index (κ2) is 6.97. The van der Waals surface area contributed by atoms with E-state index in [2.05, 4.69) is 52.1 Å². The fraction of sp³-hybridized carbons (Fsp3) is 0.400. The zero-order valence-corrected chi connectivity index (χ0v) is 10.9. The molecule has 0 saturated heterocycles. The number of nitrogens with one attached hydrogen (secondary N) is 1. The fourth-order valence-electron chi connectivity index (χ4n) is 2.07. The number of rotatable bonds is 7. The molecule has 0 fully saturated rings. The third-order valence-electron chi connectivity index (χ3n) is 3.03. The average Bonchev–Trinajstić information content (AvgIpc) is 2.89. The van der Waals surface area contributed by atoms with Crippen LogP contribution >= 0.6 is 0 Å². The van der Waals surface area contributed by atoms with Crippen molar-refractivity contribution in [1.82, 2.24) is 14.9 Å². The maximum absolute atomic E-state index is 4.03. The summed E-state index contributed by atoms with van der Waals surface area (Å²) in [7, 11) is 0. The van der Waals surface area contributed by atoms with E-state index in [4.69, 9.17) is 0 Å². The normalized spacial score (nSPS) is 12.5. The maximum Gasteiger partial charge on any atom is 0.0945 e. The Morgan fingerprint density at radius 2 is 2.11 bits per heavy atom. The third-order valence-corrected chi connectivity index (χ3v) is 3.03. The summed E-state index contributed by atoms with van der Waals surface area (Å²) in [6.45, 7) is 4.32. The van der Waals surface area contributed by atoms with Crippen molar-refractivity contribution in [2.75, 3.05) is 6.54 Å². The van der Waals surface area contributed by atoms with Crippen molar-refractivity contribution in [2.24, 2.45) is 0 Å². The predicted octanol–water partition coefficient (Wildman–Crippen LogP) is 2.49. The summed E-state index contributed by atoms with van der Waals surface area (Å²) in [6, 6.07) is 11.2. The van der Waals surface area contributed by atoms with Crippen LogP contribution in [0.25, 0.3) is 0 Å². The molecule has 0 amide bonds. The molecule has 96 valence electrons. The highest BCUT2D eigenvalue weighted by atomic mass is 15.0. The molecule has 0 spiro atoms. The van der Waals surface area contributed by atoms with E-state index in [0.29, 0.717) is 6.04 Å². The highest BCUT2D eigenvalue weighted by molar-refractivity contribution is 5.15. The van der Waals surface area contributed by atoms with Gasteiger partial charge in [-0.15, -0.1) is 0 Å². The molecule has 18 heavy (non-hydrogen) atoms. The van der Waals surface area contributed by atoms with E-state index >= 15 is 0 Å². The Morgan fingerprint density at radius 3 is 2.83 bits per heavy atom. The number of imidazole rings is 1. The third kappa shape index (κ3) is 4.34. The first-order valence-electron chi connectivity index (χ1n) is 6.57. The molecule has 2 rings (SSSR count). The fourth-order valence-corrected chi connectivity index (χ4v) is 2.07. The summed E-state index contributed by atoms with van der Waals surface area (Å²) >= 11 is 0. The van der Waals surface area contributed by atoms with Crippen LogP contribution < -0.4 is 5.32 Å². The molecule has 3 heteroatoms. The minimum atomic E-state index is 0.523. The topological polar surface area (TPSA) is 29.9 Å². The van der Waals surface area contributed by atoms with Crippen LogP contribution in [0.4, 0.5) is 0 Å². The predicted molar refractivity (Wildman–Crippen MR) is 74.5 cm³/mol. The van der Waals surface area contributed by atoms with Gasteiger partial charge < -0.3 is 9.88 Å². The Bertz CT molecular complexity index is 422. The highest BCUT2D eigenvalue weighted by Gasteiger charge is 2.01. The number of nitrogens with zero attached hydrogens (tertiary/aromatic N) is 2. The number of aryl methyl sites for hydroxylation is 1. The summed E-state index contributed by atoms with van der Waals surface area (Å²) in [5.41, 5.74) is 1.40. The van der Waals surface area contributed by atoms with Gasteiger partial charge in [0, 0.05) is 25.0 Å². The largest absolute Gasteiger partial charge is 0.337 e. The Balaban J connectivity index is 1.62. The Labute approximate surface area is 109 Å². The number of benzene rings is 1. The highest BCUT2D eigenvalue weighted by Crippen LogP contribution is 2.02. The van der Waals surface area contributed by atoms with E-state index in [-0.39, 0.29) is 0 Å². The van der Waals surface area contributed by atoms with Gasteiger partial charge in [-0.05, 0) is 31.9 Å². The SMILES string of the molecule is CC(Cc1ccccc1)NCCCn1ccnc1. The minimum Gasteiger partial charge on any atom is -0.337 e. The van der Waals surface area contributed by atoms with E-state index in [1.165, 1.54) is 5.56 Å². The molecule has 0 radical (unpaired) electrons. The first-order chi connectivity index (χ1) is 8.84. The van der Waals surface area contributed by atoms with Crippen molar-refractivity contribution in [2.45, 2.75) is 32.4 Å². The lowest BCUT2D eigenvalue weighted by atomic mass is 10.1. The lowest BCUT2D eigenvalue weighted by molar-refractivity contribution is 0.510. The Kier molecular flexibility index (Phi) is 4.97. The summed E-state index contributed by atoms with van der Waals surface area (Å²) in [4.78, 5) is 4.03. The molecular formula is C15H21N3. The Hall–Kier alpha value is -1.61. The average molecular weight is 243 g/mol. The first-order valence-corrected chi connectivity index (χ1v) is 6.57. The van der Waals surface area contributed by atoms with Gasteiger partial charge in [-0.1, -0.05) is 30.3 Å². The van der Waals surface area contributed by atoms with Crippen molar-refractivity contribution in [3.63, 3.8) is 0 Å². The first kappa shape index (κ1) is 12.8. The van der Waals surface area contributed by atoms with Crippen molar-refractivity contribution in [1.29, 1.82) is 0 Å². The molecule has 1 aromatic carbocycles. The second-order valence-electron chi connectivity index (χ2n) is 4.70. The van der Waals surface area contributed by atoms with Gasteiger partial charge in [0.05, 0.1) is 6.33 Å². The van der Waals surface area contributed by atoms with Gasteiger partial charge in [0.1, 0.15) is 0 Å². The minimum absolute atomic E-state index is 0.523. The molecule has 1 unspecified atom stereocenters. The number of hydrogen-bond donors (Lipinski definition) is 1. The van der Waals surface area contributed by atoms with Crippen LogP contribution in [0.1, 0.15) is 18.9 Å². The molecule has 2 aromatic rings. The van der Waals surface area contributed by atoms with E-state index in [9.17, 15) is 0 Å². The van der Waals surface area contributed by atoms with Crippen LogP contribution in [0.5, 0.6) is 0 Å². The van der Waals surface area contributed by atoms with Gasteiger partial charge in [-0.25, -0.2) is 4.98 Å². The molecule has 3 nitrogen and oxygen atoms in total. The van der Waals surface area contributed by atoms with Crippen molar-refractivity contribution in [3.05, 3.63) is 54.6 Å². The van der Waals surface area contributed by atoms with Gasteiger partial charge in [0.2, 0.25) is 0 Å². The molecule has 1 N–H and O–H groups in total. The van der Waals surface area contributed by atoms with Crippen LogP contribution in [0.2, 0.25) is 0 Å². The summed E-state index contributed by atoms with van der Waals surface area (Å²) in [5, 5.41) is 3.56. The molecule has 1 aromatic heterocycles. The zero-order valence-electron chi connectivity index (χ0n) is 10.9. The molecule has 0 bridgehead atoms. The van der Waals surface area contributed by atoms with Crippen LogP contribution in [-0.2, 0) is 13.0 Å². The van der Waals surface area contributed by atoms with E-state index in [0.717, 1.165) is 25.9 Å². The zero-order chi connectivity index (χ0) is 12.6. The van der Waals surface area contributed by atoms with Gasteiger partial charge in [-0.3, -0.25) is 0 Å². The Morgan fingerprint density at radius 1 is 1.28 bits per heavy atom. The summed E-state index contributed by atoms with van der Waals surface area (Å²) in [5.74, 6) is 0. The summed E-state index contributed by atoms with van der Waals surface area (Å²) in [6.07, 6.45) is 7.92. The summed E-state index contributed by atoms with van der Waals surface area (Å²) < 4.78 is 2.11. The van der Waals surface area contributed by atoms with Crippen LogP contribution in [-0.4, -0.2) is 22.1 Å². The smallest absolute Gasteiger partial charge is 0.0945 e. The lowest BCUT2D eigenvalue weighted by Gasteiger charge is -2.13. The van der Waals surface area contributed by atoms with Gasteiger partial charge in [-0.2, -0.15) is 0 Å². The van der Waals surface area contributed by atoms with E-state index in [1.54, 1.807) is 0 Å². The number of hydrogen-bond acceptors (Lipinski definition) is 2. The van der Waals surface area contributed by atoms with Crippen molar-refractivity contribution < 1.29 is 0 Å². The van der Waals surface area contributed by atoms with Gasteiger partial charge in [0.25, 0.3) is 0 Å². The molecule has 1 heterocycles. The van der Waals surface area contributed by atoms with Crippen molar-refractivity contribution >= 4 is 0 Å². The lowest BCUT2D eigenvalue weighted by Crippen LogP contribution is -2.29. The second-order valence-corrected chi connectivity index (χ2v) is 4.70. The van der Waals surface area contributed by atoms with Crippen LogP contribution in [0.3, 0.4) is 0 Å². The molecule has 0 saturated carbocycles. The molecule has 1 atom stereocenters. The molecule has 0 aliphatic rings. The van der Waals surface area contributed by atoms with Crippen LogP contribution in [0, 0.1) is 0 Å². The molecular weight excluding hydrogens is 222 g/mol. The molecule has 0 aliphatic carbocycles. The monoisotopic (exact) mass is 243 g/mol. The van der Waals surface area contributed by atoms with Crippen LogP contribution in [0.15, 0.2) is 49.1 Å².